The van der Waals surface area contributed by atoms with Gasteiger partial charge in [-0.2, -0.15) is 5.26 Å². The van der Waals surface area contributed by atoms with Crippen LogP contribution in [0.2, 0.25) is 5.02 Å². The molecule has 5 heteroatoms. The molecule has 0 atom stereocenters. The molecule has 5 rings (SSSR count). The zero-order valence-electron chi connectivity index (χ0n) is 16.2. The van der Waals surface area contributed by atoms with E-state index in [-0.39, 0.29) is 0 Å². The van der Waals surface area contributed by atoms with Crippen LogP contribution >= 0.6 is 22.9 Å². The number of hydrogen-bond donors (Lipinski definition) is 0. The highest BCUT2D eigenvalue weighted by Gasteiger charge is 2.11. The fraction of sp³-hybridized carbons (Fsp3) is 0. The van der Waals surface area contributed by atoms with E-state index >= 15 is 0 Å². The number of allylic oxidation sites excluding steroid dienone is 1. The SMILES string of the molecule is N#C/C(=C\c1ccc(-c2cccc(Cl)c2)o1)c1nc(-c2ccc3ccccc3c2)cs1. The van der Waals surface area contributed by atoms with Crippen LogP contribution in [0, 0.1) is 11.3 Å². The summed E-state index contributed by atoms with van der Waals surface area (Å²) < 4.78 is 5.91. The molecule has 0 radical (unpaired) electrons. The first-order valence-corrected chi connectivity index (χ1v) is 10.9. The molecule has 0 saturated carbocycles. The van der Waals surface area contributed by atoms with Crippen LogP contribution in [-0.2, 0) is 0 Å². The molecule has 2 heterocycles. The second kappa shape index (κ2) is 8.23. The van der Waals surface area contributed by atoms with Crippen molar-refractivity contribution >= 4 is 45.4 Å². The highest BCUT2D eigenvalue weighted by molar-refractivity contribution is 7.11. The number of furan rings is 1. The van der Waals surface area contributed by atoms with Crippen LogP contribution < -0.4 is 0 Å². The van der Waals surface area contributed by atoms with E-state index < -0.39 is 0 Å². The Bertz CT molecular complexity index is 1470. The number of thiazole rings is 1. The van der Waals surface area contributed by atoms with E-state index in [0.29, 0.717) is 27.1 Å². The zero-order chi connectivity index (χ0) is 21.2. The monoisotopic (exact) mass is 438 g/mol. The Morgan fingerprint density at radius 2 is 1.81 bits per heavy atom. The van der Waals surface area contributed by atoms with Crippen LogP contribution in [0.25, 0.3) is 45.0 Å². The molecule has 5 aromatic rings. The predicted octanol–water partition coefficient (Wildman–Crippen LogP) is 7.94. The number of benzene rings is 3. The lowest BCUT2D eigenvalue weighted by Gasteiger charge is -2.00. The number of halogens is 1. The summed E-state index contributed by atoms with van der Waals surface area (Å²) in [5, 5.41) is 15.3. The van der Waals surface area contributed by atoms with Gasteiger partial charge in [-0.25, -0.2) is 4.98 Å². The van der Waals surface area contributed by atoms with Crippen molar-refractivity contribution in [3.8, 4) is 28.7 Å². The minimum Gasteiger partial charge on any atom is -0.457 e. The van der Waals surface area contributed by atoms with Gasteiger partial charge >= 0.3 is 0 Å². The smallest absolute Gasteiger partial charge is 0.134 e. The van der Waals surface area contributed by atoms with Crippen molar-refractivity contribution in [1.29, 1.82) is 5.26 Å². The van der Waals surface area contributed by atoms with E-state index in [2.05, 4.69) is 36.4 Å². The van der Waals surface area contributed by atoms with Gasteiger partial charge in [-0.15, -0.1) is 11.3 Å². The minimum absolute atomic E-state index is 0.462. The Morgan fingerprint density at radius 3 is 2.65 bits per heavy atom. The second-order valence-corrected chi connectivity index (χ2v) is 8.28. The number of fused-ring (bicyclic) bond motifs is 1. The number of aromatic nitrogens is 1. The molecule has 2 aromatic heterocycles. The average molecular weight is 439 g/mol. The van der Waals surface area contributed by atoms with E-state index in [1.165, 1.54) is 16.7 Å². The fourth-order valence-corrected chi connectivity index (χ4v) is 4.38. The molecule has 0 fully saturated rings. The van der Waals surface area contributed by atoms with Crippen molar-refractivity contribution < 1.29 is 4.42 Å². The molecule has 0 aliphatic carbocycles. The summed E-state index contributed by atoms with van der Waals surface area (Å²) >= 11 is 7.52. The van der Waals surface area contributed by atoms with Crippen molar-refractivity contribution in [3.63, 3.8) is 0 Å². The first kappa shape index (κ1) is 19.3. The summed E-state index contributed by atoms with van der Waals surface area (Å²) in [5.41, 5.74) is 3.23. The van der Waals surface area contributed by atoms with Gasteiger partial charge in [0.2, 0.25) is 0 Å². The van der Waals surface area contributed by atoms with Gasteiger partial charge in [-0.3, -0.25) is 0 Å². The van der Waals surface area contributed by atoms with Crippen LogP contribution in [0.3, 0.4) is 0 Å². The van der Waals surface area contributed by atoms with Crippen LogP contribution in [0.4, 0.5) is 0 Å². The predicted molar refractivity (Wildman–Crippen MR) is 128 cm³/mol. The lowest BCUT2D eigenvalue weighted by Crippen LogP contribution is -1.83. The Hall–Kier alpha value is -3.65. The maximum Gasteiger partial charge on any atom is 0.134 e. The fourth-order valence-electron chi connectivity index (χ4n) is 3.39. The summed E-state index contributed by atoms with van der Waals surface area (Å²) in [6, 6.07) is 27.9. The summed E-state index contributed by atoms with van der Waals surface area (Å²) in [5.74, 6) is 1.29. The van der Waals surface area contributed by atoms with Crippen LogP contribution in [0.15, 0.2) is 88.7 Å². The molecular weight excluding hydrogens is 424 g/mol. The zero-order valence-corrected chi connectivity index (χ0v) is 17.8. The van der Waals surface area contributed by atoms with Gasteiger partial charge in [0.15, 0.2) is 0 Å². The molecule has 0 bridgehead atoms. The van der Waals surface area contributed by atoms with E-state index in [4.69, 9.17) is 21.0 Å². The van der Waals surface area contributed by atoms with E-state index in [9.17, 15) is 5.26 Å². The quantitative estimate of drug-likeness (QED) is 0.267. The molecule has 31 heavy (non-hydrogen) atoms. The molecule has 3 nitrogen and oxygen atoms in total. The van der Waals surface area contributed by atoms with E-state index in [1.54, 1.807) is 6.08 Å². The van der Waals surface area contributed by atoms with Gasteiger partial charge in [0.05, 0.1) is 11.3 Å². The highest BCUT2D eigenvalue weighted by Crippen LogP contribution is 2.31. The number of nitriles is 1. The van der Waals surface area contributed by atoms with Crippen molar-refractivity contribution in [1.82, 2.24) is 4.98 Å². The molecule has 3 aromatic carbocycles. The average Bonchev–Trinajstić information content (AvgIpc) is 3.47. The third kappa shape index (κ3) is 4.02. The molecule has 0 amide bonds. The maximum atomic E-state index is 9.71. The second-order valence-electron chi connectivity index (χ2n) is 6.98. The van der Waals surface area contributed by atoms with Gasteiger partial charge in [0.1, 0.15) is 22.6 Å². The first-order chi connectivity index (χ1) is 15.2. The molecule has 0 spiro atoms. The van der Waals surface area contributed by atoms with Crippen LogP contribution in [0.5, 0.6) is 0 Å². The standard InChI is InChI=1S/C26H15ClN2OS/c27-22-7-3-6-20(13-22)25-11-10-23(30-25)14-21(15-28)26-29-24(16-31-26)19-9-8-17-4-1-2-5-18(17)12-19/h1-14,16H/b21-14+. The normalized spacial score (nSPS) is 11.5. The lowest BCUT2D eigenvalue weighted by atomic mass is 10.1. The summed E-state index contributed by atoms with van der Waals surface area (Å²) in [6.07, 6.45) is 1.72. The molecule has 0 saturated heterocycles. The van der Waals surface area contributed by atoms with E-state index in [0.717, 1.165) is 22.2 Å². The number of hydrogen-bond acceptors (Lipinski definition) is 4. The summed E-state index contributed by atoms with van der Waals surface area (Å²) in [7, 11) is 0. The summed E-state index contributed by atoms with van der Waals surface area (Å²) in [4.78, 5) is 4.70. The van der Waals surface area contributed by atoms with Gasteiger partial charge in [0, 0.05) is 27.6 Å². The van der Waals surface area contributed by atoms with Crippen molar-refractivity contribution in [3.05, 3.63) is 100 Å². The number of rotatable bonds is 4. The van der Waals surface area contributed by atoms with Crippen molar-refractivity contribution in [2.24, 2.45) is 0 Å². The molecule has 0 unspecified atom stereocenters. The first-order valence-electron chi connectivity index (χ1n) is 9.62. The minimum atomic E-state index is 0.462. The number of nitrogens with zero attached hydrogens (tertiary/aromatic N) is 2. The van der Waals surface area contributed by atoms with Crippen molar-refractivity contribution in [2.45, 2.75) is 0 Å². The largest absolute Gasteiger partial charge is 0.457 e. The Balaban J connectivity index is 1.45. The van der Waals surface area contributed by atoms with Crippen LogP contribution in [0.1, 0.15) is 10.8 Å². The Kier molecular flexibility index (Phi) is 5.13. The highest BCUT2D eigenvalue weighted by atomic mass is 35.5. The van der Waals surface area contributed by atoms with Crippen molar-refractivity contribution in [2.75, 3.05) is 0 Å². The molecule has 148 valence electrons. The summed E-state index contributed by atoms with van der Waals surface area (Å²) in [6.45, 7) is 0. The van der Waals surface area contributed by atoms with Crippen LogP contribution in [-0.4, -0.2) is 4.98 Å². The van der Waals surface area contributed by atoms with Gasteiger partial charge in [0.25, 0.3) is 0 Å². The Morgan fingerprint density at radius 1 is 0.935 bits per heavy atom. The maximum absolute atomic E-state index is 9.71. The topological polar surface area (TPSA) is 49.8 Å². The van der Waals surface area contributed by atoms with Gasteiger partial charge < -0.3 is 4.42 Å². The van der Waals surface area contributed by atoms with Gasteiger partial charge in [-0.1, -0.05) is 60.1 Å². The third-order valence-corrected chi connectivity index (χ3v) is 6.03. The molecule has 0 aliphatic rings. The Labute approximate surface area is 188 Å². The van der Waals surface area contributed by atoms with Gasteiger partial charge in [-0.05, 0) is 41.1 Å². The molecule has 0 aliphatic heterocycles. The molecular formula is C26H15ClN2OS. The third-order valence-electron chi connectivity index (χ3n) is 4.92. The lowest BCUT2D eigenvalue weighted by molar-refractivity contribution is 0.572. The van der Waals surface area contributed by atoms with E-state index in [1.807, 2.05) is 53.9 Å². The molecule has 0 N–H and O–H groups in total.